The summed E-state index contributed by atoms with van der Waals surface area (Å²) in [5.74, 6) is 0. The van der Waals surface area contributed by atoms with E-state index in [1.54, 1.807) is 0 Å². The van der Waals surface area contributed by atoms with Gasteiger partial charge in [-0.1, -0.05) is 31.8 Å². The number of rotatable bonds is 6. The van der Waals surface area contributed by atoms with Crippen molar-refractivity contribution in [2.24, 2.45) is 0 Å². The van der Waals surface area contributed by atoms with Crippen LogP contribution in [0.1, 0.15) is 52.9 Å². The fraction of sp³-hybridized carbons (Fsp3) is 0.818. The summed E-state index contributed by atoms with van der Waals surface area (Å²) < 4.78 is 0. The summed E-state index contributed by atoms with van der Waals surface area (Å²) in [6.45, 7) is 9.85. The van der Waals surface area contributed by atoms with Crippen molar-refractivity contribution in [3.63, 3.8) is 0 Å². The van der Waals surface area contributed by atoms with Crippen LogP contribution in [0.25, 0.3) is 0 Å². The highest BCUT2D eigenvalue weighted by Gasteiger charge is 2.18. The lowest BCUT2D eigenvalue weighted by molar-refractivity contribution is 0.0488. The Labute approximate surface area is 76.5 Å². The van der Waals surface area contributed by atoms with Crippen molar-refractivity contribution in [1.82, 2.24) is 0 Å². The molecule has 1 N–H and O–H groups in total. The molecule has 1 atom stereocenters. The Balaban J connectivity index is 3.63. The molecule has 0 aromatic carbocycles. The van der Waals surface area contributed by atoms with Gasteiger partial charge < -0.3 is 5.11 Å². The monoisotopic (exact) mass is 170 g/mol. The highest BCUT2D eigenvalue weighted by Crippen LogP contribution is 2.21. The number of aliphatic hydroxyl groups is 1. The van der Waals surface area contributed by atoms with Gasteiger partial charge in [-0.05, 0) is 26.7 Å². The summed E-state index contributed by atoms with van der Waals surface area (Å²) in [5.41, 5.74) is 0.539. The lowest BCUT2D eigenvalue weighted by Gasteiger charge is -2.23. The van der Waals surface area contributed by atoms with Crippen molar-refractivity contribution in [1.29, 1.82) is 0 Å². The summed E-state index contributed by atoms with van der Waals surface area (Å²) in [4.78, 5) is 0. The van der Waals surface area contributed by atoms with Gasteiger partial charge >= 0.3 is 0 Å². The van der Waals surface area contributed by atoms with Gasteiger partial charge in [-0.25, -0.2) is 0 Å². The van der Waals surface area contributed by atoms with Crippen molar-refractivity contribution in [2.45, 2.75) is 58.5 Å². The van der Waals surface area contributed by atoms with E-state index in [9.17, 15) is 5.11 Å². The van der Waals surface area contributed by atoms with E-state index in [0.29, 0.717) is 0 Å². The normalized spacial score (nSPS) is 15.7. The molecule has 0 rings (SSSR count). The molecule has 0 saturated heterocycles. The van der Waals surface area contributed by atoms with Crippen LogP contribution in [-0.2, 0) is 0 Å². The third kappa shape index (κ3) is 6.41. The van der Waals surface area contributed by atoms with E-state index < -0.39 is 5.60 Å². The second kappa shape index (κ2) is 5.36. The first-order valence-corrected chi connectivity index (χ1v) is 4.84. The Kier molecular flexibility index (Phi) is 5.23. The predicted molar refractivity (Wildman–Crippen MR) is 54.2 cm³/mol. The third-order valence-electron chi connectivity index (χ3n) is 2.00. The van der Waals surface area contributed by atoms with Gasteiger partial charge in [0.2, 0.25) is 0 Å². The topological polar surface area (TPSA) is 20.2 Å². The van der Waals surface area contributed by atoms with E-state index in [0.717, 1.165) is 24.8 Å². The van der Waals surface area contributed by atoms with Crippen LogP contribution in [0.2, 0.25) is 0 Å². The molecular weight excluding hydrogens is 148 g/mol. The molecule has 12 heavy (non-hydrogen) atoms. The molecular formula is C11H22O. The molecule has 0 heterocycles. The summed E-state index contributed by atoms with van der Waals surface area (Å²) in [6, 6.07) is 0. The molecule has 0 saturated carbocycles. The minimum absolute atomic E-state index is 0.527. The molecule has 0 aliphatic carbocycles. The van der Waals surface area contributed by atoms with Gasteiger partial charge in [-0.2, -0.15) is 0 Å². The lowest BCUT2D eigenvalue weighted by atomic mass is 9.92. The minimum atomic E-state index is -0.527. The maximum atomic E-state index is 9.85. The van der Waals surface area contributed by atoms with Crippen LogP contribution in [0.15, 0.2) is 12.2 Å². The van der Waals surface area contributed by atoms with Gasteiger partial charge in [0.1, 0.15) is 0 Å². The Hall–Kier alpha value is -0.300. The second-order valence-electron chi connectivity index (χ2n) is 4.09. The summed E-state index contributed by atoms with van der Waals surface area (Å²) in [7, 11) is 0. The predicted octanol–water partition coefficient (Wildman–Crippen LogP) is 3.28. The Bertz CT molecular complexity index is 136. The Morgan fingerprint density at radius 3 is 2.42 bits per heavy atom. The maximum absolute atomic E-state index is 9.85. The van der Waals surface area contributed by atoms with Crippen LogP contribution >= 0.6 is 0 Å². The molecule has 1 nitrogen and oxygen atoms in total. The number of hydrogen-bond donors (Lipinski definition) is 1. The highest BCUT2D eigenvalue weighted by molar-refractivity contribution is 4.95. The lowest BCUT2D eigenvalue weighted by Crippen LogP contribution is -2.23. The molecule has 0 aliphatic heterocycles. The third-order valence-corrected chi connectivity index (χ3v) is 2.00. The van der Waals surface area contributed by atoms with Gasteiger partial charge in [0.25, 0.3) is 0 Å². The zero-order chi connectivity index (χ0) is 9.61. The molecule has 0 aromatic heterocycles. The molecule has 0 unspecified atom stereocenters. The average molecular weight is 170 g/mol. The largest absolute Gasteiger partial charge is 0.390 e. The van der Waals surface area contributed by atoms with Crippen LogP contribution in [0, 0.1) is 0 Å². The first-order valence-electron chi connectivity index (χ1n) is 4.84. The van der Waals surface area contributed by atoms with Crippen molar-refractivity contribution < 1.29 is 5.11 Å². The van der Waals surface area contributed by atoms with Crippen LogP contribution in [0.5, 0.6) is 0 Å². The van der Waals surface area contributed by atoms with Gasteiger partial charge in [0, 0.05) is 0 Å². The van der Waals surface area contributed by atoms with Crippen LogP contribution in [0.4, 0.5) is 0 Å². The average Bonchev–Trinajstić information content (AvgIpc) is 1.84. The van der Waals surface area contributed by atoms with Crippen LogP contribution < -0.4 is 0 Å². The molecule has 0 fully saturated rings. The van der Waals surface area contributed by atoms with Crippen LogP contribution in [-0.4, -0.2) is 10.7 Å². The number of hydrogen-bond acceptors (Lipinski definition) is 1. The number of unbranched alkanes of at least 4 members (excludes halogenated alkanes) is 2. The van der Waals surface area contributed by atoms with Crippen molar-refractivity contribution in [2.75, 3.05) is 0 Å². The molecule has 0 radical (unpaired) electrons. The Morgan fingerprint density at radius 2 is 2.00 bits per heavy atom. The van der Waals surface area contributed by atoms with Gasteiger partial charge in [0.15, 0.2) is 0 Å². The summed E-state index contributed by atoms with van der Waals surface area (Å²) >= 11 is 0. The van der Waals surface area contributed by atoms with Crippen LogP contribution in [0.3, 0.4) is 0 Å². The van der Waals surface area contributed by atoms with E-state index >= 15 is 0 Å². The van der Waals surface area contributed by atoms with E-state index in [-0.39, 0.29) is 0 Å². The van der Waals surface area contributed by atoms with Gasteiger partial charge in [-0.3, -0.25) is 0 Å². The molecule has 1 heteroatoms. The van der Waals surface area contributed by atoms with E-state index in [2.05, 4.69) is 13.5 Å². The smallest absolute Gasteiger partial charge is 0.0656 e. The van der Waals surface area contributed by atoms with E-state index in [1.165, 1.54) is 12.8 Å². The van der Waals surface area contributed by atoms with E-state index in [4.69, 9.17) is 0 Å². The van der Waals surface area contributed by atoms with Crippen molar-refractivity contribution in [3.8, 4) is 0 Å². The minimum Gasteiger partial charge on any atom is -0.390 e. The quantitative estimate of drug-likeness (QED) is 0.479. The standard InChI is InChI=1S/C11H22O/c1-5-6-7-8-11(4,12)9-10(2)3/h12H,2,5-9H2,1,3-4H3/t11-/m1/s1. The zero-order valence-corrected chi connectivity index (χ0v) is 8.69. The molecule has 0 spiro atoms. The maximum Gasteiger partial charge on any atom is 0.0656 e. The van der Waals surface area contributed by atoms with Crippen molar-refractivity contribution >= 4 is 0 Å². The first-order chi connectivity index (χ1) is 5.48. The van der Waals surface area contributed by atoms with Crippen molar-refractivity contribution in [3.05, 3.63) is 12.2 Å². The molecule has 0 amide bonds. The zero-order valence-electron chi connectivity index (χ0n) is 8.69. The molecule has 0 bridgehead atoms. The van der Waals surface area contributed by atoms with E-state index in [1.807, 2.05) is 13.8 Å². The SMILES string of the molecule is C=C(C)C[C@](C)(O)CCCCC. The highest BCUT2D eigenvalue weighted by atomic mass is 16.3. The fourth-order valence-electron chi connectivity index (χ4n) is 1.49. The molecule has 0 aliphatic rings. The molecule has 0 aromatic rings. The van der Waals surface area contributed by atoms with Gasteiger partial charge in [0.05, 0.1) is 5.60 Å². The second-order valence-corrected chi connectivity index (χ2v) is 4.09. The summed E-state index contributed by atoms with van der Waals surface area (Å²) in [5, 5.41) is 9.85. The Morgan fingerprint density at radius 1 is 1.42 bits per heavy atom. The van der Waals surface area contributed by atoms with Gasteiger partial charge in [-0.15, -0.1) is 6.58 Å². The first kappa shape index (κ1) is 11.7. The summed E-state index contributed by atoms with van der Waals surface area (Å²) in [6.07, 6.45) is 5.18. The molecule has 72 valence electrons. The fourth-order valence-corrected chi connectivity index (χ4v) is 1.49.